The maximum atomic E-state index is 11.2. The second-order valence-electron chi connectivity index (χ2n) is 3.53. The van der Waals surface area contributed by atoms with Crippen LogP contribution in [0.5, 0.6) is 5.75 Å². The minimum absolute atomic E-state index is 0.254. The summed E-state index contributed by atoms with van der Waals surface area (Å²) >= 11 is 6.36. The lowest BCUT2D eigenvalue weighted by Gasteiger charge is -2.16. The molecule has 0 aliphatic carbocycles. The smallest absolute Gasteiger partial charge is 0.327 e. The molecule has 2 unspecified atom stereocenters. The summed E-state index contributed by atoms with van der Waals surface area (Å²) in [6, 6.07) is 6.68. The average Bonchev–Trinajstić information content (AvgIpc) is 2.71. The molecule has 1 aromatic carbocycles. The Hall–Kier alpha value is -1.27. The minimum atomic E-state index is -0.909. The van der Waals surface area contributed by atoms with Crippen LogP contribution in [0, 0.1) is 0 Å². The molecular formula is C11H11NO3S2. The standard InChI is InChI=1S/C11H11NO3S2/c1-15-7-5-3-2-4-6(7)9-8(10(13)14)12-11(16)17-9/h2-5,8-9H,1H3,(H,12,16)(H,13,14). The van der Waals surface area contributed by atoms with E-state index in [1.807, 2.05) is 24.3 Å². The molecule has 0 spiro atoms. The van der Waals surface area contributed by atoms with Gasteiger partial charge in [-0.2, -0.15) is 0 Å². The summed E-state index contributed by atoms with van der Waals surface area (Å²) in [6.45, 7) is 0. The van der Waals surface area contributed by atoms with Crippen molar-refractivity contribution in [3.8, 4) is 5.75 Å². The first-order chi connectivity index (χ1) is 8.13. The van der Waals surface area contributed by atoms with E-state index in [0.717, 1.165) is 5.56 Å². The van der Waals surface area contributed by atoms with Gasteiger partial charge in [0.05, 0.1) is 12.4 Å². The molecule has 0 amide bonds. The van der Waals surface area contributed by atoms with Crippen LogP contribution in [0.3, 0.4) is 0 Å². The Morgan fingerprint density at radius 1 is 1.53 bits per heavy atom. The van der Waals surface area contributed by atoms with E-state index in [2.05, 4.69) is 5.32 Å². The molecular weight excluding hydrogens is 258 g/mol. The monoisotopic (exact) mass is 269 g/mol. The summed E-state index contributed by atoms with van der Waals surface area (Å²) < 4.78 is 5.75. The normalized spacial score (nSPS) is 23.2. The summed E-state index contributed by atoms with van der Waals surface area (Å²) in [5.74, 6) is -0.226. The Labute approximate surface area is 108 Å². The van der Waals surface area contributed by atoms with E-state index in [-0.39, 0.29) is 5.25 Å². The molecule has 1 aliphatic rings. The van der Waals surface area contributed by atoms with E-state index in [1.165, 1.54) is 11.8 Å². The van der Waals surface area contributed by atoms with Crippen molar-refractivity contribution in [3.63, 3.8) is 0 Å². The van der Waals surface area contributed by atoms with E-state index in [1.54, 1.807) is 7.11 Å². The largest absolute Gasteiger partial charge is 0.496 e. The van der Waals surface area contributed by atoms with Crippen LogP contribution in [0.4, 0.5) is 0 Å². The summed E-state index contributed by atoms with van der Waals surface area (Å²) in [5.41, 5.74) is 0.847. The Morgan fingerprint density at radius 3 is 2.88 bits per heavy atom. The summed E-state index contributed by atoms with van der Waals surface area (Å²) in [6.07, 6.45) is 0. The van der Waals surface area contributed by atoms with Gasteiger partial charge in [-0.15, -0.1) is 0 Å². The number of thioether (sulfide) groups is 1. The van der Waals surface area contributed by atoms with Crippen LogP contribution in [0.1, 0.15) is 10.8 Å². The third kappa shape index (κ3) is 2.37. The van der Waals surface area contributed by atoms with E-state index in [9.17, 15) is 4.79 Å². The first-order valence-electron chi connectivity index (χ1n) is 4.96. The number of ether oxygens (including phenoxy) is 1. The number of rotatable bonds is 3. The lowest BCUT2D eigenvalue weighted by atomic mass is 10.0. The topological polar surface area (TPSA) is 58.6 Å². The molecule has 4 nitrogen and oxygen atoms in total. The third-order valence-corrected chi connectivity index (χ3v) is 4.04. The average molecular weight is 269 g/mol. The fourth-order valence-corrected chi connectivity index (χ4v) is 3.26. The van der Waals surface area contributed by atoms with E-state index in [4.69, 9.17) is 22.1 Å². The molecule has 6 heteroatoms. The van der Waals surface area contributed by atoms with Gasteiger partial charge in [-0.05, 0) is 6.07 Å². The Bertz CT molecular complexity index is 464. The Morgan fingerprint density at radius 2 is 2.24 bits per heavy atom. The van der Waals surface area contributed by atoms with Gasteiger partial charge in [-0.3, -0.25) is 0 Å². The molecule has 17 heavy (non-hydrogen) atoms. The molecule has 2 rings (SSSR count). The van der Waals surface area contributed by atoms with Crippen LogP contribution in [-0.2, 0) is 4.79 Å². The zero-order chi connectivity index (χ0) is 12.4. The van der Waals surface area contributed by atoms with Crippen LogP contribution in [0.2, 0.25) is 0 Å². The van der Waals surface area contributed by atoms with E-state index < -0.39 is 12.0 Å². The Kier molecular flexibility index (Phi) is 3.54. The van der Waals surface area contributed by atoms with Gasteiger partial charge < -0.3 is 15.2 Å². The predicted octanol–water partition coefficient (Wildman–Crippen LogP) is 1.81. The maximum Gasteiger partial charge on any atom is 0.327 e. The van der Waals surface area contributed by atoms with E-state index in [0.29, 0.717) is 10.1 Å². The zero-order valence-electron chi connectivity index (χ0n) is 9.04. The van der Waals surface area contributed by atoms with Crippen molar-refractivity contribution >= 4 is 34.3 Å². The Balaban J connectivity index is 2.38. The second-order valence-corrected chi connectivity index (χ2v) is 5.35. The minimum Gasteiger partial charge on any atom is -0.496 e. The van der Waals surface area contributed by atoms with Gasteiger partial charge in [0, 0.05) is 5.56 Å². The summed E-state index contributed by atoms with van der Waals surface area (Å²) in [4.78, 5) is 11.2. The molecule has 0 aromatic heterocycles. The van der Waals surface area contributed by atoms with E-state index >= 15 is 0 Å². The van der Waals surface area contributed by atoms with Gasteiger partial charge in [-0.1, -0.05) is 42.2 Å². The lowest BCUT2D eigenvalue weighted by molar-refractivity contribution is -0.138. The van der Waals surface area contributed by atoms with Crippen LogP contribution in [-0.4, -0.2) is 28.5 Å². The van der Waals surface area contributed by atoms with Gasteiger partial charge >= 0.3 is 5.97 Å². The molecule has 0 saturated carbocycles. The van der Waals surface area contributed by atoms with Crippen molar-refractivity contribution in [1.82, 2.24) is 5.32 Å². The van der Waals surface area contributed by atoms with Gasteiger partial charge in [0.1, 0.15) is 16.1 Å². The molecule has 1 aromatic rings. The molecule has 90 valence electrons. The van der Waals surface area contributed by atoms with Crippen molar-refractivity contribution in [2.75, 3.05) is 7.11 Å². The van der Waals surface area contributed by atoms with Crippen LogP contribution in [0.25, 0.3) is 0 Å². The van der Waals surface area contributed by atoms with Gasteiger partial charge in [0.2, 0.25) is 0 Å². The predicted molar refractivity (Wildman–Crippen MR) is 70.5 cm³/mol. The van der Waals surface area contributed by atoms with Crippen molar-refractivity contribution in [2.45, 2.75) is 11.3 Å². The van der Waals surface area contributed by atoms with Crippen LogP contribution in [0.15, 0.2) is 24.3 Å². The highest BCUT2D eigenvalue weighted by Crippen LogP contribution is 2.41. The van der Waals surface area contributed by atoms with Crippen molar-refractivity contribution in [2.24, 2.45) is 0 Å². The molecule has 2 N–H and O–H groups in total. The van der Waals surface area contributed by atoms with Crippen molar-refractivity contribution < 1.29 is 14.6 Å². The number of methoxy groups -OCH3 is 1. The molecule has 0 radical (unpaired) electrons. The number of carboxylic acid groups (broad SMARTS) is 1. The number of aliphatic carboxylic acids is 1. The molecule has 0 bridgehead atoms. The number of hydrogen-bond donors (Lipinski definition) is 2. The first kappa shape index (κ1) is 12.2. The van der Waals surface area contributed by atoms with Crippen molar-refractivity contribution in [1.29, 1.82) is 0 Å². The molecule has 1 saturated heterocycles. The quantitative estimate of drug-likeness (QED) is 0.816. The number of hydrogen-bond acceptors (Lipinski definition) is 4. The summed E-state index contributed by atoms with van der Waals surface area (Å²) in [5, 5.41) is 11.7. The molecule has 1 aliphatic heterocycles. The molecule has 1 fully saturated rings. The highest BCUT2D eigenvalue weighted by atomic mass is 32.2. The molecule has 1 heterocycles. The number of thiocarbonyl (C=S) groups is 1. The van der Waals surface area contributed by atoms with Gasteiger partial charge in [0.15, 0.2) is 0 Å². The number of nitrogens with one attached hydrogen (secondary N) is 1. The second kappa shape index (κ2) is 4.93. The number of para-hydroxylation sites is 1. The van der Waals surface area contributed by atoms with Crippen LogP contribution < -0.4 is 10.1 Å². The number of carbonyl (C=O) groups is 1. The SMILES string of the molecule is COc1ccccc1C1SC(=S)NC1C(=O)O. The van der Waals surface area contributed by atoms with Gasteiger partial charge in [0.25, 0.3) is 0 Å². The fourth-order valence-electron chi connectivity index (χ4n) is 1.76. The van der Waals surface area contributed by atoms with Crippen molar-refractivity contribution in [3.05, 3.63) is 29.8 Å². The van der Waals surface area contributed by atoms with Crippen LogP contribution >= 0.6 is 24.0 Å². The number of benzene rings is 1. The third-order valence-electron chi connectivity index (χ3n) is 2.52. The highest BCUT2D eigenvalue weighted by Gasteiger charge is 2.38. The first-order valence-corrected chi connectivity index (χ1v) is 6.25. The fraction of sp³-hybridized carbons (Fsp3) is 0.273. The molecule has 2 atom stereocenters. The lowest BCUT2D eigenvalue weighted by Crippen LogP contribution is -2.35. The zero-order valence-corrected chi connectivity index (χ0v) is 10.7. The highest BCUT2D eigenvalue weighted by molar-refractivity contribution is 8.23. The summed E-state index contributed by atoms with van der Waals surface area (Å²) in [7, 11) is 1.57. The maximum absolute atomic E-state index is 11.2. The number of carboxylic acids is 1. The van der Waals surface area contributed by atoms with Gasteiger partial charge in [-0.25, -0.2) is 4.79 Å².